The van der Waals surface area contributed by atoms with E-state index in [1.165, 1.54) is 12.1 Å². The van der Waals surface area contributed by atoms with Gasteiger partial charge in [0.25, 0.3) is 0 Å². The van der Waals surface area contributed by atoms with E-state index in [4.69, 9.17) is 4.74 Å². The Balaban J connectivity index is 1.47. The summed E-state index contributed by atoms with van der Waals surface area (Å²) in [5.41, 5.74) is -0.207. The van der Waals surface area contributed by atoms with Gasteiger partial charge >= 0.3 is 6.09 Å². The molecule has 2 aliphatic rings. The summed E-state index contributed by atoms with van der Waals surface area (Å²) in [7, 11) is 0. The van der Waals surface area contributed by atoms with E-state index in [9.17, 15) is 18.7 Å². The SMILES string of the molecule is O=C(OCc1ccccc1)N1C2CCC1CC(O)(c1cc(F)cc(F)c1)C2. The van der Waals surface area contributed by atoms with Crippen LogP contribution in [0.5, 0.6) is 0 Å². The second kappa shape index (κ2) is 6.93. The van der Waals surface area contributed by atoms with E-state index in [1.807, 2.05) is 30.3 Å². The largest absolute Gasteiger partial charge is 0.445 e. The van der Waals surface area contributed by atoms with Crippen LogP contribution in [0.25, 0.3) is 0 Å². The fraction of sp³-hybridized carbons (Fsp3) is 0.381. The van der Waals surface area contributed by atoms with Crippen LogP contribution in [0.3, 0.4) is 0 Å². The molecular formula is C21H21F2NO3. The molecule has 4 nitrogen and oxygen atoms in total. The predicted molar refractivity (Wildman–Crippen MR) is 94.8 cm³/mol. The minimum absolute atomic E-state index is 0.189. The van der Waals surface area contributed by atoms with Gasteiger partial charge in [0, 0.05) is 31.0 Å². The second-order valence-corrected chi connectivity index (χ2v) is 7.43. The fourth-order valence-corrected chi connectivity index (χ4v) is 4.38. The zero-order valence-electron chi connectivity index (χ0n) is 14.8. The van der Waals surface area contributed by atoms with Gasteiger partial charge in [-0.25, -0.2) is 13.6 Å². The van der Waals surface area contributed by atoms with Crippen LogP contribution in [0, 0.1) is 11.6 Å². The van der Waals surface area contributed by atoms with Crippen LogP contribution in [0.1, 0.15) is 36.8 Å². The summed E-state index contributed by atoms with van der Waals surface area (Å²) in [4.78, 5) is 14.3. The Morgan fingerprint density at radius 3 is 2.26 bits per heavy atom. The number of carbonyl (C=O) groups excluding carboxylic acids is 1. The van der Waals surface area contributed by atoms with Crippen molar-refractivity contribution in [2.45, 2.75) is 50.0 Å². The highest BCUT2D eigenvalue weighted by Gasteiger charge is 2.50. The maximum Gasteiger partial charge on any atom is 0.410 e. The first-order chi connectivity index (χ1) is 12.9. The lowest BCUT2D eigenvalue weighted by molar-refractivity contribution is -0.0540. The van der Waals surface area contributed by atoms with Crippen molar-refractivity contribution in [3.63, 3.8) is 0 Å². The first-order valence-electron chi connectivity index (χ1n) is 9.12. The lowest BCUT2D eigenvalue weighted by Gasteiger charge is -2.43. The number of benzene rings is 2. The number of aliphatic hydroxyl groups is 1. The van der Waals surface area contributed by atoms with Gasteiger partial charge in [-0.3, -0.25) is 0 Å². The molecule has 2 fully saturated rings. The molecule has 4 rings (SSSR count). The average molecular weight is 373 g/mol. The molecule has 142 valence electrons. The minimum Gasteiger partial charge on any atom is -0.445 e. The van der Waals surface area contributed by atoms with Gasteiger partial charge in [-0.2, -0.15) is 0 Å². The van der Waals surface area contributed by atoms with Gasteiger partial charge in [0.1, 0.15) is 18.2 Å². The van der Waals surface area contributed by atoms with E-state index in [0.29, 0.717) is 0 Å². The molecule has 2 saturated heterocycles. The molecule has 0 radical (unpaired) electrons. The number of rotatable bonds is 3. The minimum atomic E-state index is -1.34. The topological polar surface area (TPSA) is 49.8 Å². The van der Waals surface area contributed by atoms with E-state index < -0.39 is 23.3 Å². The van der Waals surface area contributed by atoms with Crippen LogP contribution in [0.15, 0.2) is 48.5 Å². The maximum absolute atomic E-state index is 13.6. The predicted octanol–water partition coefficient (Wildman–Crippen LogP) is 4.12. The third-order valence-electron chi connectivity index (χ3n) is 5.58. The van der Waals surface area contributed by atoms with Crippen LogP contribution in [0.4, 0.5) is 13.6 Å². The van der Waals surface area contributed by atoms with Crippen LogP contribution in [-0.2, 0) is 16.9 Å². The summed E-state index contributed by atoms with van der Waals surface area (Å²) in [6, 6.07) is 12.1. The number of hydrogen-bond acceptors (Lipinski definition) is 3. The quantitative estimate of drug-likeness (QED) is 0.881. The Hall–Kier alpha value is -2.47. The van der Waals surface area contributed by atoms with E-state index in [-0.39, 0.29) is 37.1 Å². The molecule has 27 heavy (non-hydrogen) atoms. The Kier molecular flexibility index (Phi) is 4.60. The third-order valence-corrected chi connectivity index (χ3v) is 5.58. The Morgan fingerprint density at radius 2 is 1.67 bits per heavy atom. The van der Waals surface area contributed by atoms with E-state index in [0.717, 1.165) is 24.5 Å². The van der Waals surface area contributed by atoms with Gasteiger partial charge in [-0.05, 0) is 36.1 Å². The van der Waals surface area contributed by atoms with Crippen molar-refractivity contribution in [2.24, 2.45) is 0 Å². The van der Waals surface area contributed by atoms with Gasteiger partial charge in [0.05, 0.1) is 5.60 Å². The number of carbonyl (C=O) groups is 1. The van der Waals surface area contributed by atoms with Crippen molar-refractivity contribution in [3.05, 3.63) is 71.3 Å². The van der Waals surface area contributed by atoms with E-state index in [1.54, 1.807) is 4.90 Å². The summed E-state index contributed by atoms with van der Waals surface area (Å²) in [5, 5.41) is 11.1. The van der Waals surface area contributed by atoms with Crippen molar-refractivity contribution in [1.29, 1.82) is 0 Å². The smallest absolute Gasteiger partial charge is 0.410 e. The summed E-state index contributed by atoms with van der Waals surface area (Å²) in [6.45, 7) is 0.189. The van der Waals surface area contributed by atoms with Crippen molar-refractivity contribution >= 4 is 6.09 Å². The van der Waals surface area contributed by atoms with Crippen molar-refractivity contribution < 1.29 is 23.4 Å². The molecule has 6 heteroatoms. The number of amides is 1. The molecule has 1 N–H and O–H groups in total. The number of fused-ring (bicyclic) bond motifs is 2. The lowest BCUT2D eigenvalue weighted by Crippen LogP contribution is -2.52. The molecule has 2 aromatic carbocycles. The number of nitrogens with zero attached hydrogens (tertiary/aromatic N) is 1. The standard InChI is InChI=1S/C21H21F2NO3/c22-16-8-15(9-17(23)10-16)21(26)11-18-6-7-19(12-21)24(18)20(25)27-13-14-4-2-1-3-5-14/h1-5,8-10,18-19,26H,6-7,11-13H2. The van der Waals surface area contributed by atoms with Gasteiger partial charge in [-0.1, -0.05) is 30.3 Å². The van der Waals surface area contributed by atoms with Crippen LogP contribution in [-0.4, -0.2) is 28.2 Å². The molecule has 1 amide bonds. The zero-order valence-corrected chi connectivity index (χ0v) is 14.8. The number of hydrogen-bond donors (Lipinski definition) is 1. The molecule has 0 spiro atoms. The zero-order chi connectivity index (χ0) is 19.0. The molecule has 2 aromatic rings. The van der Waals surface area contributed by atoms with Gasteiger partial charge in [-0.15, -0.1) is 0 Å². The van der Waals surface area contributed by atoms with Gasteiger partial charge < -0.3 is 14.7 Å². The summed E-state index contributed by atoms with van der Waals surface area (Å²) < 4.78 is 32.6. The highest BCUT2D eigenvalue weighted by atomic mass is 19.1. The number of halogens is 2. The van der Waals surface area contributed by atoms with Crippen molar-refractivity contribution in [2.75, 3.05) is 0 Å². The Labute approximate surface area is 156 Å². The van der Waals surface area contributed by atoms with Crippen LogP contribution < -0.4 is 0 Å². The van der Waals surface area contributed by atoms with E-state index >= 15 is 0 Å². The first-order valence-corrected chi connectivity index (χ1v) is 9.12. The van der Waals surface area contributed by atoms with Gasteiger partial charge in [0.2, 0.25) is 0 Å². The Bertz CT molecular complexity index is 808. The summed E-state index contributed by atoms with van der Waals surface area (Å²) >= 11 is 0. The van der Waals surface area contributed by atoms with E-state index in [2.05, 4.69) is 0 Å². The average Bonchev–Trinajstić information content (AvgIpc) is 2.92. The molecular weight excluding hydrogens is 352 g/mol. The lowest BCUT2D eigenvalue weighted by atomic mass is 9.80. The molecule has 0 aromatic heterocycles. The van der Waals surface area contributed by atoms with Gasteiger partial charge in [0.15, 0.2) is 0 Å². The number of piperidine rings is 1. The molecule has 0 saturated carbocycles. The van der Waals surface area contributed by atoms with Crippen molar-refractivity contribution in [1.82, 2.24) is 4.90 Å². The number of ether oxygens (including phenoxy) is 1. The molecule has 2 aliphatic heterocycles. The molecule has 2 unspecified atom stereocenters. The molecule has 2 bridgehead atoms. The summed E-state index contributed by atoms with van der Waals surface area (Å²) in [5.74, 6) is -1.43. The maximum atomic E-state index is 13.6. The fourth-order valence-electron chi connectivity index (χ4n) is 4.38. The monoisotopic (exact) mass is 373 g/mol. The highest BCUT2D eigenvalue weighted by molar-refractivity contribution is 5.69. The third kappa shape index (κ3) is 3.54. The first kappa shape index (κ1) is 17.9. The molecule has 2 heterocycles. The van der Waals surface area contributed by atoms with Crippen LogP contribution in [0.2, 0.25) is 0 Å². The van der Waals surface area contributed by atoms with Crippen LogP contribution >= 0.6 is 0 Å². The molecule has 0 aliphatic carbocycles. The molecule has 2 atom stereocenters. The Morgan fingerprint density at radius 1 is 1.07 bits per heavy atom. The second-order valence-electron chi connectivity index (χ2n) is 7.43. The highest BCUT2D eigenvalue weighted by Crippen LogP contribution is 2.46. The normalized spacial score (nSPS) is 26.9. The van der Waals surface area contributed by atoms with Crippen molar-refractivity contribution in [3.8, 4) is 0 Å². The summed E-state index contributed by atoms with van der Waals surface area (Å²) in [6.07, 6.45) is 1.56.